The van der Waals surface area contributed by atoms with Gasteiger partial charge in [-0.2, -0.15) is 0 Å². The topological polar surface area (TPSA) is 87.7 Å². The second-order valence-corrected chi connectivity index (χ2v) is 6.27. The minimum absolute atomic E-state index is 0.0403. The van der Waals surface area contributed by atoms with E-state index in [0.29, 0.717) is 32.4 Å². The maximum absolute atomic E-state index is 12.0. The van der Waals surface area contributed by atoms with Crippen molar-refractivity contribution in [2.24, 2.45) is 5.92 Å². The van der Waals surface area contributed by atoms with E-state index in [0.717, 1.165) is 5.56 Å². The van der Waals surface area contributed by atoms with Gasteiger partial charge in [0.2, 0.25) is 0 Å². The zero-order valence-electron chi connectivity index (χ0n) is 14.0. The van der Waals surface area contributed by atoms with Gasteiger partial charge in [0.1, 0.15) is 6.61 Å². The number of rotatable bonds is 8. The van der Waals surface area contributed by atoms with Crippen molar-refractivity contribution in [2.45, 2.75) is 44.9 Å². The fraction of sp³-hybridized carbons (Fsp3) is 0.556. The van der Waals surface area contributed by atoms with Crippen molar-refractivity contribution in [3.8, 4) is 0 Å². The summed E-state index contributed by atoms with van der Waals surface area (Å²) in [5, 5.41) is 15.6. The van der Waals surface area contributed by atoms with Gasteiger partial charge in [0.15, 0.2) is 5.78 Å². The summed E-state index contributed by atoms with van der Waals surface area (Å²) in [5.74, 6) is 0.151. The maximum Gasteiger partial charge on any atom is 0.407 e. The number of carbonyl (C=O) groups is 2. The molecule has 2 rings (SSSR count). The summed E-state index contributed by atoms with van der Waals surface area (Å²) in [6.45, 7) is 3.31. The second kappa shape index (κ2) is 9.39. The molecule has 1 aromatic rings. The van der Waals surface area contributed by atoms with E-state index in [9.17, 15) is 14.7 Å². The van der Waals surface area contributed by atoms with Gasteiger partial charge in [-0.3, -0.25) is 4.79 Å². The fourth-order valence-electron chi connectivity index (χ4n) is 2.73. The molecule has 2 unspecified atom stereocenters. The predicted molar refractivity (Wildman–Crippen MR) is 90.4 cm³/mol. The number of hydrogen-bond donors (Lipinski definition) is 3. The van der Waals surface area contributed by atoms with Crippen molar-refractivity contribution >= 4 is 11.9 Å². The highest BCUT2D eigenvalue weighted by molar-refractivity contribution is 5.85. The molecule has 1 aromatic carbocycles. The van der Waals surface area contributed by atoms with Crippen molar-refractivity contribution in [3.05, 3.63) is 35.9 Å². The van der Waals surface area contributed by atoms with E-state index in [1.807, 2.05) is 37.3 Å². The highest BCUT2D eigenvalue weighted by Crippen LogP contribution is 2.16. The molecule has 1 aliphatic heterocycles. The molecular formula is C18H26N2O4. The van der Waals surface area contributed by atoms with Crippen LogP contribution in [0.25, 0.3) is 0 Å². The third-order valence-corrected chi connectivity index (χ3v) is 4.26. The average molecular weight is 334 g/mol. The van der Waals surface area contributed by atoms with Crippen LogP contribution in [0.3, 0.4) is 0 Å². The largest absolute Gasteiger partial charge is 0.445 e. The molecule has 0 aliphatic carbocycles. The fourth-order valence-corrected chi connectivity index (χ4v) is 2.73. The van der Waals surface area contributed by atoms with Crippen molar-refractivity contribution in [1.82, 2.24) is 10.6 Å². The summed E-state index contributed by atoms with van der Waals surface area (Å²) in [7, 11) is 0. The predicted octanol–water partition coefficient (Wildman–Crippen LogP) is 1.62. The lowest BCUT2D eigenvalue weighted by atomic mass is 9.98. The molecule has 1 saturated heterocycles. The Labute approximate surface area is 142 Å². The number of amides is 1. The van der Waals surface area contributed by atoms with Gasteiger partial charge in [0.05, 0.1) is 12.1 Å². The Hall–Kier alpha value is -1.92. The van der Waals surface area contributed by atoms with Gasteiger partial charge in [0.25, 0.3) is 0 Å². The first-order valence-electron chi connectivity index (χ1n) is 8.46. The first kappa shape index (κ1) is 18.4. The van der Waals surface area contributed by atoms with Crippen molar-refractivity contribution in [2.75, 3.05) is 13.1 Å². The minimum atomic E-state index is -0.594. The van der Waals surface area contributed by atoms with E-state index >= 15 is 0 Å². The highest BCUT2D eigenvalue weighted by Gasteiger charge is 2.35. The number of aliphatic hydroxyl groups is 1. The lowest BCUT2D eigenvalue weighted by molar-refractivity contribution is -0.123. The number of unbranched alkanes of at least 4 members (excludes halogenated alkanes) is 1. The van der Waals surface area contributed by atoms with Crippen LogP contribution in [0.2, 0.25) is 0 Å². The van der Waals surface area contributed by atoms with Gasteiger partial charge < -0.3 is 20.5 Å². The first-order valence-corrected chi connectivity index (χ1v) is 8.46. The molecule has 0 aromatic heterocycles. The Morgan fingerprint density at radius 2 is 2.04 bits per heavy atom. The van der Waals surface area contributed by atoms with Gasteiger partial charge in [-0.05, 0) is 24.3 Å². The van der Waals surface area contributed by atoms with Crippen molar-refractivity contribution in [1.29, 1.82) is 0 Å². The van der Waals surface area contributed by atoms with Crippen LogP contribution in [-0.4, -0.2) is 42.2 Å². The summed E-state index contributed by atoms with van der Waals surface area (Å²) >= 11 is 0. The van der Waals surface area contributed by atoms with Crippen LogP contribution in [0.4, 0.5) is 4.79 Å². The van der Waals surface area contributed by atoms with E-state index in [1.165, 1.54) is 0 Å². The first-order chi connectivity index (χ1) is 11.6. The van der Waals surface area contributed by atoms with Gasteiger partial charge in [0, 0.05) is 19.5 Å². The second-order valence-electron chi connectivity index (χ2n) is 6.27. The van der Waals surface area contributed by atoms with E-state index < -0.39 is 18.2 Å². The highest BCUT2D eigenvalue weighted by atomic mass is 16.5. The molecule has 132 valence electrons. The van der Waals surface area contributed by atoms with E-state index in [4.69, 9.17) is 4.74 Å². The number of hydrogen-bond acceptors (Lipinski definition) is 5. The Balaban J connectivity index is 1.53. The van der Waals surface area contributed by atoms with Crippen molar-refractivity contribution < 1.29 is 19.4 Å². The zero-order chi connectivity index (χ0) is 17.4. The molecule has 1 heterocycles. The summed E-state index contributed by atoms with van der Waals surface area (Å²) < 4.78 is 5.10. The smallest absolute Gasteiger partial charge is 0.407 e. The molecule has 0 radical (unpaired) electrons. The maximum atomic E-state index is 12.0. The number of benzene rings is 1. The summed E-state index contributed by atoms with van der Waals surface area (Å²) in [4.78, 5) is 23.6. The zero-order valence-corrected chi connectivity index (χ0v) is 14.0. The molecule has 6 nitrogen and oxygen atoms in total. The van der Waals surface area contributed by atoms with Gasteiger partial charge in [-0.15, -0.1) is 0 Å². The molecule has 0 saturated carbocycles. The van der Waals surface area contributed by atoms with Crippen LogP contribution >= 0.6 is 0 Å². The third kappa shape index (κ3) is 5.62. The van der Waals surface area contributed by atoms with Crippen LogP contribution < -0.4 is 10.6 Å². The Bertz CT molecular complexity index is 535. The number of ether oxygens (including phenoxy) is 1. The van der Waals surface area contributed by atoms with Gasteiger partial charge in [-0.25, -0.2) is 4.79 Å². The monoisotopic (exact) mass is 334 g/mol. The van der Waals surface area contributed by atoms with Gasteiger partial charge in [-0.1, -0.05) is 37.3 Å². The SMILES string of the molecule is CC1CN[C@H](C(=O)CCCCNC(=O)OCc2ccccc2)C1O. The molecule has 3 N–H and O–H groups in total. The van der Waals surface area contributed by atoms with E-state index in [2.05, 4.69) is 10.6 Å². The quantitative estimate of drug-likeness (QED) is 0.629. The van der Waals surface area contributed by atoms with Crippen LogP contribution in [0, 0.1) is 5.92 Å². The van der Waals surface area contributed by atoms with Crippen LogP contribution in [0.15, 0.2) is 30.3 Å². The molecule has 3 atom stereocenters. The molecule has 24 heavy (non-hydrogen) atoms. The van der Waals surface area contributed by atoms with Crippen LogP contribution in [-0.2, 0) is 16.1 Å². The normalized spacial score (nSPS) is 23.0. The van der Waals surface area contributed by atoms with E-state index in [-0.39, 0.29) is 18.3 Å². The Morgan fingerprint density at radius 3 is 2.71 bits per heavy atom. The third-order valence-electron chi connectivity index (χ3n) is 4.26. The van der Waals surface area contributed by atoms with Crippen molar-refractivity contribution in [3.63, 3.8) is 0 Å². The Morgan fingerprint density at radius 1 is 1.29 bits per heavy atom. The summed E-state index contributed by atoms with van der Waals surface area (Å²) in [5.41, 5.74) is 0.940. The lowest BCUT2D eigenvalue weighted by Crippen LogP contribution is -2.39. The number of alkyl carbamates (subject to hydrolysis) is 1. The molecule has 1 fully saturated rings. The van der Waals surface area contributed by atoms with Gasteiger partial charge >= 0.3 is 6.09 Å². The number of ketones is 1. The lowest BCUT2D eigenvalue weighted by Gasteiger charge is -2.15. The number of Topliss-reactive ketones (excluding diaryl/α,β-unsaturated/α-hetero) is 1. The molecular weight excluding hydrogens is 308 g/mol. The molecule has 1 amide bonds. The molecule has 1 aliphatic rings. The standard InChI is InChI=1S/C18H26N2O4/c1-13-11-20-16(17(13)22)15(21)9-5-6-10-19-18(23)24-12-14-7-3-2-4-8-14/h2-4,7-8,13,16-17,20,22H,5-6,9-12H2,1H3,(H,19,23)/t13?,16-,17?/m1/s1. The summed E-state index contributed by atoms with van der Waals surface area (Å²) in [6, 6.07) is 9.04. The van der Waals surface area contributed by atoms with Crippen LogP contribution in [0.5, 0.6) is 0 Å². The van der Waals surface area contributed by atoms with Crippen LogP contribution in [0.1, 0.15) is 31.7 Å². The molecule has 0 bridgehead atoms. The van der Waals surface area contributed by atoms with E-state index in [1.54, 1.807) is 0 Å². The summed E-state index contributed by atoms with van der Waals surface area (Å²) in [6.07, 6.45) is 0.736. The number of nitrogens with one attached hydrogen (secondary N) is 2. The minimum Gasteiger partial charge on any atom is -0.445 e. The molecule has 0 spiro atoms. The molecule has 6 heteroatoms. The Kier molecular flexibility index (Phi) is 7.21. The average Bonchev–Trinajstić information content (AvgIpc) is 2.93. The number of carbonyl (C=O) groups excluding carboxylic acids is 2. The number of aliphatic hydroxyl groups excluding tert-OH is 1.